The molecule has 0 bridgehead atoms. The first-order valence-electron chi connectivity index (χ1n) is 18.1. The van der Waals surface area contributed by atoms with E-state index >= 15 is 0 Å². The van der Waals surface area contributed by atoms with Gasteiger partial charge in [0.25, 0.3) is 0 Å². The van der Waals surface area contributed by atoms with Crippen LogP contribution in [0.1, 0.15) is 103 Å². The van der Waals surface area contributed by atoms with Crippen LogP contribution < -0.4 is 0 Å². The van der Waals surface area contributed by atoms with Crippen LogP contribution in [0.2, 0.25) is 0 Å². The highest BCUT2D eigenvalue weighted by Gasteiger charge is 2.41. The third kappa shape index (κ3) is 10.2. The second-order valence-electron chi connectivity index (χ2n) is 14.3. The van der Waals surface area contributed by atoms with Crippen molar-refractivity contribution in [1.29, 1.82) is 0 Å². The lowest BCUT2D eigenvalue weighted by molar-refractivity contribution is -0.224. The Balaban J connectivity index is 1.30. The van der Waals surface area contributed by atoms with E-state index in [0.717, 1.165) is 37.8 Å². The van der Waals surface area contributed by atoms with Gasteiger partial charge in [-0.25, -0.2) is 4.68 Å². The molecule has 4 aliphatic rings. The molecule has 4 heterocycles. The van der Waals surface area contributed by atoms with Crippen molar-refractivity contribution in [2.75, 3.05) is 21.2 Å². The van der Waals surface area contributed by atoms with Gasteiger partial charge in [-0.05, 0) is 78.0 Å². The van der Waals surface area contributed by atoms with E-state index in [2.05, 4.69) is 49.2 Å². The number of carbonyl (C=O) groups excluding carboxylic acids is 1. The second kappa shape index (κ2) is 17.9. The first-order chi connectivity index (χ1) is 23.2. The van der Waals surface area contributed by atoms with Gasteiger partial charge < -0.3 is 33.3 Å². The molecular weight excluding hydrogens is 612 g/mol. The Morgan fingerprint density at radius 1 is 1.00 bits per heavy atom. The number of rotatable bonds is 8. The first-order valence-corrected chi connectivity index (χ1v) is 18.1. The van der Waals surface area contributed by atoms with Crippen LogP contribution in [0.3, 0.4) is 0 Å². The zero-order valence-electron chi connectivity index (χ0n) is 29.9. The van der Waals surface area contributed by atoms with E-state index in [0.29, 0.717) is 37.3 Å². The topological polar surface area (TPSA) is 106 Å². The summed E-state index contributed by atoms with van der Waals surface area (Å²) in [4.78, 5) is 14.9. The number of hydrogen-bond acceptors (Lipinski definition) is 10. The maximum Gasteiger partial charge on any atom is 0.310 e. The summed E-state index contributed by atoms with van der Waals surface area (Å²) in [5.41, 5.74) is 0.798. The van der Waals surface area contributed by atoms with Gasteiger partial charge in [-0.1, -0.05) is 55.7 Å². The maximum absolute atomic E-state index is 12.7. The predicted molar refractivity (Wildman–Crippen MR) is 182 cm³/mol. The van der Waals surface area contributed by atoms with Gasteiger partial charge in [0.05, 0.1) is 44.6 Å². The number of methoxy groups -OCH3 is 1. The highest BCUT2D eigenvalue weighted by molar-refractivity contribution is 5.71. The second-order valence-corrected chi connectivity index (χ2v) is 14.3. The summed E-state index contributed by atoms with van der Waals surface area (Å²) in [5, 5.41) is 8.80. The Labute approximate surface area is 287 Å². The quantitative estimate of drug-likeness (QED) is 0.294. The summed E-state index contributed by atoms with van der Waals surface area (Å²) in [7, 11) is 5.84. The molecule has 48 heavy (non-hydrogen) atoms. The lowest BCUT2D eigenvalue weighted by Crippen LogP contribution is -2.46. The molecule has 0 spiro atoms. The fourth-order valence-corrected chi connectivity index (χ4v) is 7.63. The van der Waals surface area contributed by atoms with Crippen molar-refractivity contribution in [3.05, 3.63) is 48.0 Å². The van der Waals surface area contributed by atoms with Gasteiger partial charge in [-0.3, -0.25) is 4.79 Å². The Bertz CT molecular complexity index is 1240. The van der Waals surface area contributed by atoms with Crippen LogP contribution in [0.15, 0.2) is 42.3 Å². The molecule has 1 saturated carbocycles. The molecule has 1 aromatic heterocycles. The molecule has 0 amide bonds. The van der Waals surface area contributed by atoms with Gasteiger partial charge >= 0.3 is 5.97 Å². The number of ether oxygens (including phenoxy) is 6. The van der Waals surface area contributed by atoms with Gasteiger partial charge in [0.1, 0.15) is 23.7 Å². The smallest absolute Gasteiger partial charge is 0.310 e. The van der Waals surface area contributed by atoms with E-state index in [1.807, 2.05) is 36.0 Å². The van der Waals surface area contributed by atoms with E-state index < -0.39 is 6.29 Å². The summed E-state index contributed by atoms with van der Waals surface area (Å²) < 4.78 is 39.4. The molecule has 3 aliphatic heterocycles. The Morgan fingerprint density at radius 2 is 1.81 bits per heavy atom. The number of aromatic nitrogens is 3. The summed E-state index contributed by atoms with van der Waals surface area (Å²) in [6, 6.07) is 0.793. The third-order valence-electron chi connectivity index (χ3n) is 10.3. The van der Waals surface area contributed by atoms with Gasteiger partial charge in [0, 0.05) is 18.9 Å². The maximum atomic E-state index is 12.7. The first kappa shape index (κ1) is 36.7. The fraction of sp³-hybridized carbons (Fsp3) is 0.757. The lowest BCUT2D eigenvalue weighted by atomic mass is 9.86. The van der Waals surface area contributed by atoms with Crippen LogP contribution in [0, 0.1) is 11.8 Å². The van der Waals surface area contributed by atoms with Gasteiger partial charge in [-0.2, -0.15) is 0 Å². The van der Waals surface area contributed by atoms with E-state index in [9.17, 15) is 4.79 Å². The van der Waals surface area contributed by atoms with Gasteiger partial charge in [-0.15, -0.1) is 5.10 Å². The summed E-state index contributed by atoms with van der Waals surface area (Å²) in [5.74, 6) is 0.526. The molecule has 0 radical (unpaired) electrons. The number of nitrogens with zero attached hydrogens (tertiary/aromatic N) is 4. The predicted octanol–water partition coefficient (Wildman–Crippen LogP) is 6.27. The average molecular weight is 671 g/mol. The number of hydrogen-bond donors (Lipinski definition) is 0. The number of esters is 1. The number of likely N-dealkylation sites (N-methyl/N-ethyl adjacent to an activating group) is 1. The van der Waals surface area contributed by atoms with Crippen molar-refractivity contribution in [3.8, 4) is 0 Å². The van der Waals surface area contributed by atoms with Crippen LogP contribution in [0.4, 0.5) is 0 Å². The molecule has 3 fully saturated rings. The van der Waals surface area contributed by atoms with Crippen LogP contribution in [0.25, 0.3) is 0 Å². The largest absolute Gasteiger partial charge is 0.499 e. The molecule has 11 nitrogen and oxygen atoms in total. The van der Waals surface area contributed by atoms with Crippen molar-refractivity contribution in [3.63, 3.8) is 0 Å². The van der Waals surface area contributed by atoms with Crippen LogP contribution >= 0.6 is 0 Å². The standard InChI is InChI=1S/C37H58N4O7/c1-25-21-28-22-36(44-24-29-23-41(39-38-29)30-14-10-8-11-15-30)48-37(28)33(43-6)18-19-34(42)45-26(2)13-9-7-12-16-32(25)47-35-20-17-31(40(4)5)27(3)46-35/h7,9,12,16,18,23,25-28,30-32,35-37H,8,10-11,13-15,17,19-22,24H2,1-6H3/b9-7+,16-12+,33-18-/t25-,26-,27-,28-,31+,32+,35+,36-,37-/m1/s1. The molecule has 0 unspecified atom stereocenters. The molecule has 0 aromatic carbocycles. The van der Waals surface area contributed by atoms with E-state index in [-0.39, 0.29) is 54.9 Å². The van der Waals surface area contributed by atoms with Crippen molar-refractivity contribution in [1.82, 2.24) is 19.9 Å². The molecule has 1 aliphatic carbocycles. The van der Waals surface area contributed by atoms with Crippen molar-refractivity contribution < 1.29 is 33.2 Å². The minimum absolute atomic E-state index is 0.0660. The summed E-state index contributed by atoms with van der Waals surface area (Å²) in [6.07, 6.45) is 20.7. The molecule has 1 aromatic rings. The summed E-state index contributed by atoms with van der Waals surface area (Å²) in [6.45, 7) is 6.57. The minimum atomic E-state index is -0.456. The van der Waals surface area contributed by atoms with Crippen LogP contribution in [0.5, 0.6) is 0 Å². The van der Waals surface area contributed by atoms with E-state index in [1.54, 1.807) is 13.2 Å². The molecular formula is C37H58N4O7. The average Bonchev–Trinajstić information content (AvgIpc) is 3.70. The molecule has 0 N–H and O–H groups in total. The number of carbonyl (C=O) groups is 1. The minimum Gasteiger partial charge on any atom is -0.499 e. The normalized spacial score (nSPS) is 36.9. The molecule has 11 heteroatoms. The number of cyclic esters (lactones) is 1. The Kier molecular flexibility index (Phi) is 13.7. The van der Waals surface area contributed by atoms with Gasteiger partial charge in [0.2, 0.25) is 0 Å². The van der Waals surface area contributed by atoms with Crippen molar-refractivity contribution in [2.45, 2.75) is 147 Å². The van der Waals surface area contributed by atoms with Crippen LogP contribution in [-0.4, -0.2) is 90.1 Å². The fourth-order valence-electron chi connectivity index (χ4n) is 7.63. The van der Waals surface area contributed by atoms with Crippen molar-refractivity contribution in [2.24, 2.45) is 11.8 Å². The number of fused-ring (bicyclic) bond motifs is 1. The number of allylic oxidation sites excluding steroid dienone is 2. The highest BCUT2D eigenvalue weighted by atomic mass is 16.7. The summed E-state index contributed by atoms with van der Waals surface area (Å²) >= 11 is 0. The van der Waals surface area contributed by atoms with Crippen LogP contribution in [-0.2, 0) is 39.8 Å². The van der Waals surface area contributed by atoms with E-state index in [4.69, 9.17) is 28.4 Å². The molecule has 268 valence electrons. The highest BCUT2D eigenvalue weighted by Crippen LogP contribution is 2.38. The Morgan fingerprint density at radius 3 is 2.56 bits per heavy atom. The SMILES string of the molecule is CO/C1=C\CC(=O)O[C@H](C)C/C=C/C=C/[C@H](O[C@H]2CC[C@H](N(C)C)[C@@H](C)O2)[C@H](C)C[C@@H]2C[C@H](OCc3cn(C4CCCCC4)nn3)O[C@@H]12. The zero-order valence-corrected chi connectivity index (χ0v) is 29.9. The monoisotopic (exact) mass is 670 g/mol. The molecule has 9 atom stereocenters. The Hall–Kier alpha value is -2.57. The third-order valence-corrected chi connectivity index (χ3v) is 10.3. The van der Waals surface area contributed by atoms with Crippen molar-refractivity contribution >= 4 is 5.97 Å². The zero-order chi connectivity index (χ0) is 34.0. The lowest BCUT2D eigenvalue weighted by Gasteiger charge is -2.39. The molecule has 5 rings (SSSR count). The van der Waals surface area contributed by atoms with E-state index in [1.165, 1.54) is 19.3 Å². The van der Waals surface area contributed by atoms with Gasteiger partial charge in [0.15, 0.2) is 12.6 Å². The molecule has 2 saturated heterocycles.